The molecule has 1 aliphatic rings. The summed E-state index contributed by atoms with van der Waals surface area (Å²) in [6, 6.07) is 7.96. The lowest BCUT2D eigenvalue weighted by Crippen LogP contribution is -2.51. The van der Waals surface area contributed by atoms with Crippen LogP contribution >= 0.6 is 0 Å². The SMILES string of the molecule is COC1(C(=O)O)CC(c2c(C(C)C)n(-c3ccc(F)cc3)c3cc4cn[nH]c4c(F)c23)C1. The zero-order chi connectivity index (χ0) is 22.8. The Balaban J connectivity index is 1.83. The Morgan fingerprint density at radius 1 is 1.28 bits per heavy atom. The number of hydrogen-bond donors (Lipinski definition) is 2. The third kappa shape index (κ3) is 2.79. The van der Waals surface area contributed by atoms with Crippen LogP contribution in [0.2, 0.25) is 0 Å². The van der Waals surface area contributed by atoms with Crippen LogP contribution in [0.4, 0.5) is 8.78 Å². The highest BCUT2D eigenvalue weighted by Gasteiger charge is 2.53. The van der Waals surface area contributed by atoms with E-state index in [4.69, 9.17) is 4.74 Å². The molecule has 8 heteroatoms. The van der Waals surface area contributed by atoms with Crippen molar-refractivity contribution in [1.82, 2.24) is 14.8 Å². The Morgan fingerprint density at radius 2 is 1.97 bits per heavy atom. The molecular formula is C24H23F2N3O3. The molecule has 6 nitrogen and oxygen atoms in total. The number of aromatic amines is 1. The van der Waals surface area contributed by atoms with Crippen molar-refractivity contribution >= 4 is 27.8 Å². The van der Waals surface area contributed by atoms with E-state index >= 15 is 4.39 Å². The van der Waals surface area contributed by atoms with Gasteiger partial charge in [-0.05, 0) is 60.6 Å². The lowest BCUT2D eigenvalue weighted by molar-refractivity contribution is -0.175. The number of methoxy groups -OCH3 is 1. The van der Waals surface area contributed by atoms with Crippen molar-refractivity contribution in [3.8, 4) is 5.69 Å². The van der Waals surface area contributed by atoms with Crippen LogP contribution in [-0.4, -0.2) is 38.6 Å². The second-order valence-corrected chi connectivity index (χ2v) is 8.79. The molecule has 2 aromatic carbocycles. The molecule has 2 heterocycles. The maximum atomic E-state index is 15.9. The first-order valence-corrected chi connectivity index (χ1v) is 10.5. The normalized spacial score (nSPS) is 20.9. The van der Waals surface area contributed by atoms with Crippen LogP contribution in [0.25, 0.3) is 27.5 Å². The Hall–Kier alpha value is -3.26. The summed E-state index contributed by atoms with van der Waals surface area (Å²) in [5.74, 6) is -1.98. The number of rotatable bonds is 5. The number of halogens is 2. The predicted octanol–water partition coefficient (Wildman–Crippen LogP) is 5.26. The molecule has 0 radical (unpaired) electrons. The molecule has 0 spiro atoms. The number of hydrogen-bond acceptors (Lipinski definition) is 3. The molecule has 0 unspecified atom stereocenters. The first kappa shape index (κ1) is 20.6. The molecule has 0 amide bonds. The van der Waals surface area contributed by atoms with Gasteiger partial charge in [-0.1, -0.05) is 13.8 Å². The van der Waals surface area contributed by atoms with E-state index in [9.17, 15) is 14.3 Å². The largest absolute Gasteiger partial charge is 0.479 e. The zero-order valence-corrected chi connectivity index (χ0v) is 17.9. The number of nitrogens with zero attached hydrogens (tertiary/aromatic N) is 2. The molecule has 0 atom stereocenters. The summed E-state index contributed by atoms with van der Waals surface area (Å²) in [6.45, 7) is 4.03. The summed E-state index contributed by atoms with van der Waals surface area (Å²) in [7, 11) is 1.39. The average molecular weight is 439 g/mol. The predicted molar refractivity (Wildman–Crippen MR) is 116 cm³/mol. The Kier molecular flexibility index (Phi) is 4.60. The van der Waals surface area contributed by atoms with Crippen molar-refractivity contribution in [3.63, 3.8) is 0 Å². The van der Waals surface area contributed by atoms with Gasteiger partial charge in [-0.25, -0.2) is 13.6 Å². The van der Waals surface area contributed by atoms with Gasteiger partial charge in [0.05, 0.1) is 11.7 Å². The molecular weight excluding hydrogens is 416 g/mol. The van der Waals surface area contributed by atoms with E-state index < -0.39 is 17.4 Å². The smallest absolute Gasteiger partial charge is 0.335 e. The number of fused-ring (bicyclic) bond motifs is 2. The van der Waals surface area contributed by atoms with Crippen LogP contribution in [0.15, 0.2) is 36.5 Å². The summed E-state index contributed by atoms with van der Waals surface area (Å²) in [5.41, 5.74) is 2.06. The molecule has 5 rings (SSSR count). The standard InChI is InChI=1S/C24H23F2N3O3/c1-12(2)22-18(14-9-24(10-14,32-3)23(30)31)19-17(8-13-11-27-28-21(13)20(19)26)29(22)16-6-4-15(25)5-7-16/h4-8,11-12,14H,9-10H2,1-3H3,(H,27,28)(H,30,31). The van der Waals surface area contributed by atoms with Crippen molar-refractivity contribution in [2.75, 3.05) is 7.11 Å². The minimum atomic E-state index is -1.27. The van der Waals surface area contributed by atoms with Gasteiger partial charge in [-0.3, -0.25) is 5.10 Å². The van der Waals surface area contributed by atoms with E-state index in [0.29, 0.717) is 27.5 Å². The molecule has 4 aromatic rings. The maximum Gasteiger partial charge on any atom is 0.335 e. The quantitative estimate of drug-likeness (QED) is 0.445. The molecule has 2 aromatic heterocycles. The van der Waals surface area contributed by atoms with Crippen LogP contribution in [0.3, 0.4) is 0 Å². The van der Waals surface area contributed by atoms with Gasteiger partial charge in [0.15, 0.2) is 11.4 Å². The van der Waals surface area contributed by atoms with Gasteiger partial charge in [-0.2, -0.15) is 5.10 Å². The summed E-state index contributed by atoms with van der Waals surface area (Å²) < 4.78 is 36.8. The first-order valence-electron chi connectivity index (χ1n) is 10.5. The molecule has 0 aliphatic heterocycles. The zero-order valence-electron chi connectivity index (χ0n) is 17.9. The number of carbonyl (C=O) groups is 1. The molecule has 1 aliphatic carbocycles. The Bertz CT molecular complexity index is 1350. The van der Waals surface area contributed by atoms with Crippen molar-refractivity contribution in [3.05, 3.63) is 59.4 Å². The highest BCUT2D eigenvalue weighted by molar-refractivity contribution is 6.00. The van der Waals surface area contributed by atoms with E-state index in [1.165, 1.54) is 19.2 Å². The summed E-state index contributed by atoms with van der Waals surface area (Å²) >= 11 is 0. The van der Waals surface area contributed by atoms with Gasteiger partial charge in [-0.15, -0.1) is 0 Å². The fourth-order valence-corrected chi connectivity index (χ4v) is 5.07. The van der Waals surface area contributed by atoms with Crippen LogP contribution in [-0.2, 0) is 9.53 Å². The minimum absolute atomic E-state index is 0.000642. The highest BCUT2D eigenvalue weighted by atomic mass is 19.1. The number of aliphatic carboxylic acids is 1. The number of carboxylic acid groups (broad SMARTS) is 1. The van der Waals surface area contributed by atoms with E-state index in [-0.39, 0.29) is 30.5 Å². The molecule has 0 bridgehead atoms. The van der Waals surface area contributed by atoms with Crippen molar-refractivity contribution in [2.45, 2.75) is 44.1 Å². The number of nitrogens with one attached hydrogen (secondary N) is 1. The number of carboxylic acids is 1. The molecule has 1 saturated carbocycles. The van der Waals surface area contributed by atoms with Crippen molar-refractivity contribution in [1.29, 1.82) is 0 Å². The number of benzene rings is 2. The van der Waals surface area contributed by atoms with Crippen LogP contribution in [0.1, 0.15) is 49.8 Å². The van der Waals surface area contributed by atoms with Crippen LogP contribution < -0.4 is 0 Å². The second-order valence-electron chi connectivity index (χ2n) is 8.79. The fourth-order valence-electron chi connectivity index (χ4n) is 5.07. The number of H-pyrrole nitrogens is 1. The summed E-state index contributed by atoms with van der Waals surface area (Å²) in [4.78, 5) is 11.8. The van der Waals surface area contributed by atoms with Crippen molar-refractivity contribution in [2.24, 2.45) is 0 Å². The maximum absolute atomic E-state index is 15.9. The highest BCUT2D eigenvalue weighted by Crippen LogP contribution is 2.52. The van der Waals surface area contributed by atoms with E-state index in [2.05, 4.69) is 10.2 Å². The van der Waals surface area contributed by atoms with Gasteiger partial charge in [0.25, 0.3) is 0 Å². The monoisotopic (exact) mass is 439 g/mol. The van der Waals surface area contributed by atoms with Crippen molar-refractivity contribution < 1.29 is 23.4 Å². The van der Waals surface area contributed by atoms with E-state index in [1.54, 1.807) is 18.3 Å². The fraction of sp³-hybridized carbons (Fsp3) is 0.333. The van der Waals surface area contributed by atoms with Gasteiger partial charge in [0.2, 0.25) is 0 Å². The van der Waals surface area contributed by atoms with Crippen LogP contribution in [0, 0.1) is 11.6 Å². The van der Waals surface area contributed by atoms with Gasteiger partial charge >= 0.3 is 5.97 Å². The number of ether oxygens (including phenoxy) is 1. The Labute approximate surface area is 182 Å². The Morgan fingerprint density at radius 3 is 2.56 bits per heavy atom. The third-order valence-corrected chi connectivity index (χ3v) is 6.66. The van der Waals surface area contributed by atoms with E-state index in [0.717, 1.165) is 11.3 Å². The second kappa shape index (κ2) is 7.13. The lowest BCUT2D eigenvalue weighted by Gasteiger charge is -2.43. The third-order valence-electron chi connectivity index (χ3n) is 6.66. The van der Waals surface area contributed by atoms with Gasteiger partial charge in [0.1, 0.15) is 11.3 Å². The average Bonchev–Trinajstić information content (AvgIpc) is 3.32. The molecule has 32 heavy (non-hydrogen) atoms. The van der Waals surface area contributed by atoms with Gasteiger partial charge in [0, 0.05) is 29.3 Å². The molecule has 166 valence electrons. The number of aromatic nitrogens is 3. The molecule has 0 saturated heterocycles. The van der Waals surface area contributed by atoms with Crippen LogP contribution in [0.5, 0.6) is 0 Å². The topological polar surface area (TPSA) is 80.1 Å². The molecule has 2 N–H and O–H groups in total. The molecule has 1 fully saturated rings. The summed E-state index contributed by atoms with van der Waals surface area (Å²) in [5, 5.41) is 17.4. The summed E-state index contributed by atoms with van der Waals surface area (Å²) in [6.07, 6.45) is 2.07. The first-order chi connectivity index (χ1) is 15.3. The minimum Gasteiger partial charge on any atom is -0.479 e. The van der Waals surface area contributed by atoms with E-state index in [1.807, 2.05) is 24.5 Å². The lowest BCUT2D eigenvalue weighted by atomic mass is 9.66. The van der Waals surface area contributed by atoms with Gasteiger partial charge < -0.3 is 14.4 Å².